The van der Waals surface area contributed by atoms with Crippen molar-refractivity contribution in [2.45, 2.75) is 36.6 Å². The molecule has 0 fully saturated rings. The first-order valence-electron chi connectivity index (χ1n) is 7.12. The van der Waals surface area contributed by atoms with Crippen molar-refractivity contribution in [2.75, 3.05) is 5.75 Å². The van der Waals surface area contributed by atoms with Gasteiger partial charge in [0, 0.05) is 16.6 Å². The van der Waals surface area contributed by atoms with Crippen LogP contribution in [-0.4, -0.2) is 11.7 Å². The van der Waals surface area contributed by atoms with E-state index in [1.165, 1.54) is 6.07 Å². The van der Waals surface area contributed by atoms with Gasteiger partial charge in [-0.2, -0.15) is 0 Å². The summed E-state index contributed by atoms with van der Waals surface area (Å²) in [6.07, 6.45) is 7.80. The standard InChI is InChI=1S/C16H18FNOS/c17-13-8-4-7-12-14(9-10-20-15(12)13)18-16(19)11-5-2-1-3-6-11/h1-2,4,7-8,11,14H,3,5-6,9-10H2,(H,18,19)/t11-,14-/m0/s1. The van der Waals surface area contributed by atoms with E-state index in [1.807, 2.05) is 6.07 Å². The van der Waals surface area contributed by atoms with Crippen molar-refractivity contribution in [1.82, 2.24) is 5.32 Å². The average molecular weight is 291 g/mol. The number of benzene rings is 1. The van der Waals surface area contributed by atoms with Gasteiger partial charge in [-0.05, 0) is 37.3 Å². The van der Waals surface area contributed by atoms with Gasteiger partial charge in [0.1, 0.15) is 5.82 Å². The van der Waals surface area contributed by atoms with E-state index < -0.39 is 0 Å². The monoisotopic (exact) mass is 291 g/mol. The lowest BCUT2D eigenvalue weighted by molar-refractivity contribution is -0.126. The Labute approximate surface area is 122 Å². The average Bonchev–Trinajstić information content (AvgIpc) is 2.49. The maximum absolute atomic E-state index is 13.8. The molecule has 3 rings (SSSR count). The van der Waals surface area contributed by atoms with Gasteiger partial charge in [0.2, 0.25) is 5.91 Å². The summed E-state index contributed by atoms with van der Waals surface area (Å²) in [7, 11) is 0. The minimum Gasteiger partial charge on any atom is -0.349 e. The lowest BCUT2D eigenvalue weighted by atomic mass is 9.92. The Hall–Kier alpha value is -1.29. The smallest absolute Gasteiger partial charge is 0.223 e. The van der Waals surface area contributed by atoms with Crippen LogP contribution < -0.4 is 5.32 Å². The highest BCUT2D eigenvalue weighted by Crippen LogP contribution is 2.38. The van der Waals surface area contributed by atoms with Crippen molar-refractivity contribution in [2.24, 2.45) is 5.92 Å². The molecule has 1 amide bonds. The van der Waals surface area contributed by atoms with E-state index in [1.54, 1.807) is 17.8 Å². The highest BCUT2D eigenvalue weighted by atomic mass is 32.2. The number of amides is 1. The normalized spacial score (nSPS) is 25.1. The van der Waals surface area contributed by atoms with E-state index in [-0.39, 0.29) is 23.7 Å². The number of nitrogens with one attached hydrogen (secondary N) is 1. The fraction of sp³-hybridized carbons (Fsp3) is 0.438. The fourth-order valence-corrected chi connectivity index (χ4v) is 4.00. The van der Waals surface area contributed by atoms with Crippen LogP contribution in [0.3, 0.4) is 0 Å². The first-order chi connectivity index (χ1) is 9.75. The first-order valence-corrected chi connectivity index (χ1v) is 8.11. The van der Waals surface area contributed by atoms with Gasteiger partial charge < -0.3 is 5.32 Å². The molecule has 1 aliphatic heterocycles. The molecular weight excluding hydrogens is 273 g/mol. The quantitative estimate of drug-likeness (QED) is 0.839. The molecule has 2 aliphatic rings. The Kier molecular flexibility index (Phi) is 4.10. The Morgan fingerprint density at radius 2 is 2.20 bits per heavy atom. The van der Waals surface area contributed by atoms with Crippen LogP contribution in [0.4, 0.5) is 4.39 Å². The predicted octanol–water partition coefficient (Wildman–Crippen LogP) is 3.84. The molecule has 1 aliphatic carbocycles. The highest BCUT2D eigenvalue weighted by molar-refractivity contribution is 7.99. The molecule has 0 aromatic heterocycles. The summed E-state index contributed by atoms with van der Waals surface area (Å²) in [5.41, 5.74) is 0.931. The Morgan fingerprint density at radius 1 is 1.30 bits per heavy atom. The zero-order valence-corrected chi connectivity index (χ0v) is 12.1. The third-order valence-corrected chi connectivity index (χ3v) is 5.14. The minimum atomic E-state index is -0.174. The molecule has 4 heteroatoms. The molecule has 106 valence electrons. The summed E-state index contributed by atoms with van der Waals surface area (Å²) in [6.45, 7) is 0. The lowest BCUT2D eigenvalue weighted by Gasteiger charge is -2.28. The van der Waals surface area contributed by atoms with Crippen molar-refractivity contribution in [3.05, 3.63) is 41.7 Å². The largest absolute Gasteiger partial charge is 0.349 e. The number of hydrogen-bond acceptors (Lipinski definition) is 2. The summed E-state index contributed by atoms with van der Waals surface area (Å²) in [5, 5.41) is 3.12. The van der Waals surface area contributed by atoms with Crippen LogP contribution in [0.2, 0.25) is 0 Å². The molecule has 0 unspecified atom stereocenters. The zero-order chi connectivity index (χ0) is 13.9. The summed E-state index contributed by atoms with van der Waals surface area (Å²) >= 11 is 1.54. The molecule has 1 aromatic carbocycles. The van der Waals surface area contributed by atoms with Crippen LogP contribution in [0.5, 0.6) is 0 Å². The second-order valence-electron chi connectivity index (χ2n) is 5.34. The van der Waals surface area contributed by atoms with Gasteiger partial charge in [-0.3, -0.25) is 4.79 Å². The Bertz CT molecular complexity index is 543. The summed E-state index contributed by atoms with van der Waals surface area (Å²) in [4.78, 5) is 13.0. The van der Waals surface area contributed by atoms with Crippen molar-refractivity contribution >= 4 is 17.7 Å². The lowest BCUT2D eigenvalue weighted by Crippen LogP contribution is -2.35. The molecule has 0 spiro atoms. The summed E-state index contributed by atoms with van der Waals surface area (Å²) in [6, 6.07) is 5.10. The molecule has 0 bridgehead atoms. The third kappa shape index (κ3) is 2.75. The highest BCUT2D eigenvalue weighted by Gasteiger charge is 2.27. The van der Waals surface area contributed by atoms with E-state index in [0.29, 0.717) is 4.90 Å². The molecule has 2 nitrogen and oxygen atoms in total. The molecule has 1 aromatic rings. The molecule has 20 heavy (non-hydrogen) atoms. The molecule has 0 saturated carbocycles. The molecule has 0 saturated heterocycles. The Balaban J connectivity index is 1.74. The van der Waals surface area contributed by atoms with E-state index in [9.17, 15) is 9.18 Å². The molecule has 1 N–H and O–H groups in total. The number of fused-ring (bicyclic) bond motifs is 1. The van der Waals surface area contributed by atoms with Crippen molar-refractivity contribution in [3.8, 4) is 0 Å². The van der Waals surface area contributed by atoms with Gasteiger partial charge in [-0.1, -0.05) is 24.3 Å². The van der Waals surface area contributed by atoms with Crippen LogP contribution in [0.15, 0.2) is 35.2 Å². The van der Waals surface area contributed by atoms with Crippen LogP contribution >= 0.6 is 11.8 Å². The van der Waals surface area contributed by atoms with Gasteiger partial charge in [0.05, 0.1) is 6.04 Å². The molecule has 0 radical (unpaired) electrons. The van der Waals surface area contributed by atoms with E-state index in [4.69, 9.17) is 0 Å². The predicted molar refractivity (Wildman–Crippen MR) is 79.1 cm³/mol. The van der Waals surface area contributed by atoms with Crippen molar-refractivity contribution < 1.29 is 9.18 Å². The van der Waals surface area contributed by atoms with Crippen LogP contribution in [0.1, 0.15) is 37.3 Å². The van der Waals surface area contributed by atoms with Gasteiger partial charge in [-0.25, -0.2) is 4.39 Å². The number of carbonyl (C=O) groups excluding carboxylic acids is 1. The number of thioether (sulfide) groups is 1. The topological polar surface area (TPSA) is 29.1 Å². The summed E-state index contributed by atoms with van der Waals surface area (Å²) in [5.74, 6) is 0.865. The second kappa shape index (κ2) is 6.00. The summed E-state index contributed by atoms with van der Waals surface area (Å²) < 4.78 is 13.8. The van der Waals surface area contributed by atoms with Gasteiger partial charge >= 0.3 is 0 Å². The zero-order valence-electron chi connectivity index (χ0n) is 11.3. The fourth-order valence-electron chi connectivity index (χ4n) is 2.86. The first kappa shape index (κ1) is 13.7. The van der Waals surface area contributed by atoms with Gasteiger partial charge in [0.15, 0.2) is 0 Å². The van der Waals surface area contributed by atoms with Gasteiger partial charge in [0.25, 0.3) is 0 Å². The van der Waals surface area contributed by atoms with E-state index in [2.05, 4.69) is 17.5 Å². The number of carbonyl (C=O) groups is 1. The van der Waals surface area contributed by atoms with Crippen LogP contribution in [-0.2, 0) is 4.79 Å². The third-order valence-electron chi connectivity index (χ3n) is 3.98. The van der Waals surface area contributed by atoms with E-state index in [0.717, 1.165) is 37.0 Å². The molecule has 2 atom stereocenters. The second-order valence-corrected chi connectivity index (χ2v) is 6.44. The Morgan fingerprint density at radius 3 is 3.00 bits per heavy atom. The van der Waals surface area contributed by atoms with Crippen molar-refractivity contribution in [3.63, 3.8) is 0 Å². The molecular formula is C16H18FNOS. The maximum Gasteiger partial charge on any atom is 0.223 e. The number of halogens is 1. The van der Waals surface area contributed by atoms with Gasteiger partial charge in [-0.15, -0.1) is 11.8 Å². The minimum absolute atomic E-state index is 0.0413. The SMILES string of the molecule is O=C(N[C@H]1CCSc2c(F)cccc21)[C@H]1CC=CCC1. The number of rotatable bonds is 2. The van der Waals surface area contributed by atoms with Crippen LogP contribution in [0.25, 0.3) is 0 Å². The van der Waals surface area contributed by atoms with E-state index >= 15 is 0 Å². The number of hydrogen-bond donors (Lipinski definition) is 1. The maximum atomic E-state index is 13.8. The molecule has 1 heterocycles. The number of allylic oxidation sites excluding steroid dienone is 2. The van der Waals surface area contributed by atoms with Crippen LogP contribution in [0, 0.1) is 11.7 Å². The van der Waals surface area contributed by atoms with Crippen molar-refractivity contribution in [1.29, 1.82) is 0 Å².